The van der Waals surface area contributed by atoms with Gasteiger partial charge in [0.2, 0.25) is 0 Å². The second-order valence-electron chi connectivity index (χ2n) is 5.20. The summed E-state index contributed by atoms with van der Waals surface area (Å²) in [5.41, 5.74) is -0.0712. The fraction of sp³-hybridized carbons (Fsp3) is 0.529. The van der Waals surface area contributed by atoms with Crippen molar-refractivity contribution in [2.45, 2.75) is 33.2 Å². The predicted molar refractivity (Wildman–Crippen MR) is 97.5 cm³/mol. The van der Waals surface area contributed by atoms with E-state index >= 15 is 0 Å². The van der Waals surface area contributed by atoms with Gasteiger partial charge in [-0.15, -0.1) is 0 Å². The van der Waals surface area contributed by atoms with Gasteiger partial charge < -0.3 is 28.4 Å². The molecule has 8 nitrogen and oxygen atoms in total. The maximum Gasteiger partial charge on any atom is 0.500 e. The van der Waals surface area contributed by atoms with Crippen molar-refractivity contribution in [3.8, 4) is 5.75 Å². The van der Waals surface area contributed by atoms with E-state index in [2.05, 4.69) is 5.32 Å². The lowest BCUT2D eigenvalue weighted by Gasteiger charge is -2.28. The Morgan fingerprint density at radius 3 is 2.15 bits per heavy atom. The van der Waals surface area contributed by atoms with Crippen molar-refractivity contribution in [3.63, 3.8) is 0 Å². The fourth-order valence-electron chi connectivity index (χ4n) is 2.36. The molecule has 0 unspecified atom stereocenters. The number of ether oxygens (including phenoxy) is 1. The summed E-state index contributed by atoms with van der Waals surface area (Å²) < 4.78 is 22.3. The van der Waals surface area contributed by atoms with Gasteiger partial charge in [-0.2, -0.15) is 0 Å². The minimum absolute atomic E-state index is 0.000768. The molecular formula is C17H27NO7Si. The van der Waals surface area contributed by atoms with Gasteiger partial charge in [0.15, 0.2) is 0 Å². The number of carboxylic acid groups (broad SMARTS) is 1. The summed E-state index contributed by atoms with van der Waals surface area (Å²) in [7, 11) is -2.74. The van der Waals surface area contributed by atoms with Gasteiger partial charge in [-0.25, -0.2) is 9.59 Å². The van der Waals surface area contributed by atoms with Gasteiger partial charge in [-0.1, -0.05) is 12.1 Å². The number of carbonyl (C=O) groups excluding carboxylic acids is 1. The van der Waals surface area contributed by atoms with E-state index in [0.717, 1.165) is 0 Å². The zero-order valence-electron chi connectivity index (χ0n) is 15.4. The second-order valence-corrected chi connectivity index (χ2v) is 7.94. The summed E-state index contributed by atoms with van der Waals surface area (Å²) in [5, 5.41) is 11.7. The quantitative estimate of drug-likeness (QED) is 0.421. The third-order valence-electron chi connectivity index (χ3n) is 3.34. The van der Waals surface area contributed by atoms with E-state index in [9.17, 15) is 9.59 Å². The lowest BCUT2D eigenvalue weighted by molar-refractivity contribution is 0.0688. The van der Waals surface area contributed by atoms with Crippen LogP contribution in [0.15, 0.2) is 24.3 Å². The summed E-state index contributed by atoms with van der Waals surface area (Å²) in [6, 6.07) is 6.53. The number of aromatic carboxylic acids is 1. The number of hydrogen-bond acceptors (Lipinski definition) is 6. The van der Waals surface area contributed by atoms with Crippen molar-refractivity contribution < 1.29 is 32.7 Å². The third-order valence-corrected chi connectivity index (χ3v) is 6.49. The minimum Gasteiger partial charge on any atom is -0.478 e. The molecule has 0 saturated carbocycles. The molecule has 0 aromatic heterocycles. The normalized spacial score (nSPS) is 11.2. The average molecular weight is 385 g/mol. The Morgan fingerprint density at radius 1 is 1.04 bits per heavy atom. The van der Waals surface area contributed by atoms with Gasteiger partial charge in [0.05, 0.1) is 0 Å². The molecule has 0 aliphatic heterocycles. The van der Waals surface area contributed by atoms with Crippen LogP contribution in [0.5, 0.6) is 5.75 Å². The molecule has 2 N–H and O–H groups in total. The smallest absolute Gasteiger partial charge is 0.478 e. The Kier molecular flexibility index (Phi) is 9.88. The Morgan fingerprint density at radius 2 is 1.62 bits per heavy atom. The van der Waals surface area contributed by atoms with Gasteiger partial charge in [-0.3, -0.25) is 0 Å². The molecule has 0 heterocycles. The van der Waals surface area contributed by atoms with Crippen molar-refractivity contribution in [2.24, 2.45) is 0 Å². The van der Waals surface area contributed by atoms with Gasteiger partial charge in [0.25, 0.3) is 0 Å². The SMILES string of the molecule is CCO[Si](CCCNC(=O)Oc1ccccc1C(=O)O)(OCC)OCC. The summed E-state index contributed by atoms with van der Waals surface area (Å²) in [6.45, 7) is 7.46. The van der Waals surface area contributed by atoms with Crippen LogP contribution in [0.25, 0.3) is 0 Å². The van der Waals surface area contributed by atoms with Gasteiger partial charge >= 0.3 is 20.9 Å². The Labute approximate surface area is 154 Å². The van der Waals surface area contributed by atoms with Crippen molar-refractivity contribution in [2.75, 3.05) is 26.4 Å². The van der Waals surface area contributed by atoms with E-state index in [0.29, 0.717) is 38.8 Å². The highest BCUT2D eigenvalue weighted by Crippen LogP contribution is 2.19. The average Bonchev–Trinajstić information content (AvgIpc) is 2.60. The summed E-state index contributed by atoms with van der Waals surface area (Å²) in [4.78, 5) is 23.0. The van der Waals surface area contributed by atoms with Crippen LogP contribution >= 0.6 is 0 Å². The van der Waals surface area contributed by atoms with E-state index in [1.807, 2.05) is 20.8 Å². The van der Waals surface area contributed by atoms with Crippen molar-refractivity contribution in [1.82, 2.24) is 5.32 Å². The lowest BCUT2D eigenvalue weighted by Crippen LogP contribution is -2.46. The van der Waals surface area contributed by atoms with Gasteiger partial charge in [0.1, 0.15) is 11.3 Å². The number of carbonyl (C=O) groups is 2. The van der Waals surface area contributed by atoms with Gasteiger partial charge in [-0.05, 0) is 39.3 Å². The molecule has 1 aromatic rings. The molecule has 0 bridgehead atoms. The maximum absolute atomic E-state index is 11.9. The first-order valence-electron chi connectivity index (χ1n) is 8.67. The first kappa shape index (κ1) is 22.1. The van der Waals surface area contributed by atoms with Crippen LogP contribution in [0.4, 0.5) is 4.79 Å². The highest BCUT2D eigenvalue weighted by Gasteiger charge is 2.39. The Hall–Kier alpha value is -1.94. The van der Waals surface area contributed by atoms with E-state index in [1.54, 1.807) is 12.1 Å². The molecule has 1 amide bonds. The summed E-state index contributed by atoms with van der Waals surface area (Å²) >= 11 is 0. The molecule has 0 saturated heterocycles. The molecular weight excluding hydrogens is 358 g/mol. The standard InChI is InChI=1S/C17H27NO7Si/c1-4-22-26(23-5-2,24-6-3)13-9-12-18-17(21)25-15-11-8-7-10-14(15)16(19)20/h7-8,10-11H,4-6,9,12-13H2,1-3H3,(H,18,21)(H,19,20). The van der Waals surface area contributed by atoms with E-state index in [-0.39, 0.29) is 11.3 Å². The highest BCUT2D eigenvalue weighted by molar-refractivity contribution is 6.60. The number of carboxylic acids is 1. The molecule has 1 aromatic carbocycles. The molecule has 0 aliphatic carbocycles. The molecule has 0 atom stereocenters. The number of nitrogens with one attached hydrogen (secondary N) is 1. The highest BCUT2D eigenvalue weighted by atomic mass is 28.4. The van der Waals surface area contributed by atoms with Crippen molar-refractivity contribution in [3.05, 3.63) is 29.8 Å². The topological polar surface area (TPSA) is 103 Å². The minimum atomic E-state index is -2.74. The van der Waals surface area contributed by atoms with E-state index in [1.165, 1.54) is 12.1 Å². The van der Waals surface area contributed by atoms with Crippen molar-refractivity contribution >= 4 is 20.9 Å². The molecule has 146 valence electrons. The monoisotopic (exact) mass is 385 g/mol. The molecule has 0 fully saturated rings. The lowest BCUT2D eigenvalue weighted by atomic mass is 10.2. The van der Waals surface area contributed by atoms with Crippen LogP contribution in [0.1, 0.15) is 37.6 Å². The first-order chi connectivity index (χ1) is 12.5. The summed E-state index contributed by atoms with van der Waals surface area (Å²) in [6.07, 6.45) is -0.128. The molecule has 26 heavy (non-hydrogen) atoms. The Bertz CT molecular complexity index is 565. The fourth-order valence-corrected chi connectivity index (χ4v) is 4.98. The molecule has 0 radical (unpaired) electrons. The van der Waals surface area contributed by atoms with E-state index in [4.69, 9.17) is 23.1 Å². The zero-order valence-corrected chi connectivity index (χ0v) is 16.4. The van der Waals surface area contributed by atoms with Crippen LogP contribution in [0.2, 0.25) is 6.04 Å². The molecule has 0 spiro atoms. The second kappa shape index (κ2) is 11.6. The van der Waals surface area contributed by atoms with Crippen LogP contribution < -0.4 is 10.1 Å². The largest absolute Gasteiger partial charge is 0.500 e. The third kappa shape index (κ3) is 7.12. The number of benzene rings is 1. The molecule has 0 aliphatic rings. The molecule has 1 rings (SSSR count). The zero-order chi connectivity index (χ0) is 19.4. The predicted octanol–water partition coefficient (Wildman–Crippen LogP) is 2.91. The maximum atomic E-state index is 11.9. The first-order valence-corrected chi connectivity index (χ1v) is 10.6. The number of hydrogen-bond donors (Lipinski definition) is 2. The van der Waals surface area contributed by atoms with Crippen LogP contribution in [-0.4, -0.2) is 52.3 Å². The van der Waals surface area contributed by atoms with Crippen LogP contribution in [-0.2, 0) is 13.3 Å². The summed E-state index contributed by atoms with van der Waals surface area (Å²) in [5.74, 6) is -1.16. The number of rotatable bonds is 12. The number of amides is 1. The van der Waals surface area contributed by atoms with Gasteiger partial charge in [0, 0.05) is 32.4 Å². The van der Waals surface area contributed by atoms with Crippen molar-refractivity contribution in [1.29, 1.82) is 0 Å². The number of para-hydroxylation sites is 1. The van der Waals surface area contributed by atoms with E-state index < -0.39 is 20.9 Å². The molecule has 9 heteroatoms. The Balaban J connectivity index is 2.51. The van der Waals surface area contributed by atoms with Crippen LogP contribution in [0, 0.1) is 0 Å². The van der Waals surface area contributed by atoms with Crippen LogP contribution in [0.3, 0.4) is 0 Å².